The van der Waals surface area contributed by atoms with Gasteiger partial charge in [-0.3, -0.25) is 9.69 Å². The van der Waals surface area contributed by atoms with Crippen molar-refractivity contribution in [2.24, 2.45) is 5.41 Å². The highest BCUT2D eigenvalue weighted by atomic mass is 32.1. The summed E-state index contributed by atoms with van der Waals surface area (Å²) in [7, 11) is 0. The second-order valence-electron chi connectivity index (χ2n) is 6.83. The summed E-state index contributed by atoms with van der Waals surface area (Å²) in [6, 6.07) is 2.01. The minimum atomic E-state index is -0.00501. The lowest BCUT2D eigenvalue weighted by molar-refractivity contribution is 0.0308. The second kappa shape index (κ2) is 7.53. The Morgan fingerprint density at radius 3 is 2.82 bits per heavy atom. The zero-order valence-electron chi connectivity index (χ0n) is 13.9. The van der Waals surface area contributed by atoms with Gasteiger partial charge in [0.15, 0.2) is 5.78 Å². The van der Waals surface area contributed by atoms with E-state index in [9.17, 15) is 9.90 Å². The number of hydrogen-bond donors (Lipinski definition) is 1. The minimum absolute atomic E-state index is 0.00501. The van der Waals surface area contributed by atoms with Crippen LogP contribution in [0, 0.1) is 5.41 Å². The van der Waals surface area contributed by atoms with Crippen molar-refractivity contribution in [3.8, 4) is 0 Å². The van der Waals surface area contributed by atoms with Crippen molar-refractivity contribution in [3.63, 3.8) is 0 Å². The van der Waals surface area contributed by atoms with E-state index in [2.05, 4.69) is 30.2 Å². The number of rotatable bonds is 6. The van der Waals surface area contributed by atoms with Crippen LogP contribution in [0.25, 0.3) is 0 Å². The van der Waals surface area contributed by atoms with Gasteiger partial charge in [-0.1, -0.05) is 11.6 Å². The molecule has 1 aromatic rings. The third-order valence-corrected chi connectivity index (χ3v) is 5.51. The smallest absolute Gasteiger partial charge is 0.169 e. The Morgan fingerprint density at radius 1 is 1.45 bits per heavy atom. The van der Waals surface area contributed by atoms with Crippen LogP contribution >= 0.6 is 11.3 Å². The molecule has 1 aliphatic rings. The first-order valence-corrected chi connectivity index (χ1v) is 8.87. The van der Waals surface area contributed by atoms with E-state index in [-0.39, 0.29) is 17.8 Å². The number of thiophene rings is 1. The highest BCUT2D eigenvalue weighted by Gasteiger charge is 2.34. The van der Waals surface area contributed by atoms with Crippen molar-refractivity contribution in [2.75, 3.05) is 19.7 Å². The number of Topliss-reactive ketones (excluding diaryl/α,β-unsaturated/α-hetero) is 1. The van der Waals surface area contributed by atoms with Gasteiger partial charge in [-0.25, -0.2) is 0 Å². The van der Waals surface area contributed by atoms with Crippen molar-refractivity contribution in [1.29, 1.82) is 0 Å². The van der Waals surface area contributed by atoms with Crippen molar-refractivity contribution in [3.05, 3.63) is 33.5 Å². The summed E-state index contributed by atoms with van der Waals surface area (Å²) in [4.78, 5) is 14.7. The number of piperidine rings is 1. The number of hydrogen-bond acceptors (Lipinski definition) is 4. The maximum atomic E-state index is 11.4. The number of aliphatic hydroxyl groups excluding tert-OH is 1. The number of carbonyl (C=O) groups excluding carboxylic acids is 1. The molecule has 1 aromatic heterocycles. The molecule has 0 amide bonds. The molecule has 122 valence electrons. The molecule has 4 heteroatoms. The highest BCUT2D eigenvalue weighted by molar-refractivity contribution is 7.12. The van der Waals surface area contributed by atoms with Crippen LogP contribution in [0.15, 0.2) is 23.1 Å². The Kier molecular flexibility index (Phi) is 5.95. The molecule has 1 atom stereocenters. The van der Waals surface area contributed by atoms with Gasteiger partial charge < -0.3 is 5.11 Å². The van der Waals surface area contributed by atoms with Crippen LogP contribution in [0.3, 0.4) is 0 Å². The molecule has 0 aromatic carbocycles. The Hall–Kier alpha value is -0.970. The van der Waals surface area contributed by atoms with Gasteiger partial charge >= 0.3 is 0 Å². The molecule has 1 aliphatic heterocycles. The molecule has 3 nitrogen and oxygen atoms in total. The summed E-state index contributed by atoms with van der Waals surface area (Å²) in [5.74, 6) is 0.142. The number of nitrogens with zero attached hydrogens (tertiary/aromatic N) is 1. The normalized spacial score (nSPS) is 22.5. The molecule has 0 aliphatic carbocycles. The molecular formula is C18H27NO2S. The highest BCUT2D eigenvalue weighted by Crippen LogP contribution is 2.34. The maximum Gasteiger partial charge on any atom is 0.169 e. The van der Waals surface area contributed by atoms with E-state index in [1.54, 1.807) is 6.92 Å². The molecule has 2 rings (SSSR count). The Labute approximate surface area is 137 Å². The van der Waals surface area contributed by atoms with Crippen molar-refractivity contribution in [1.82, 2.24) is 4.90 Å². The molecule has 1 fully saturated rings. The third kappa shape index (κ3) is 4.51. The zero-order chi connectivity index (χ0) is 16.2. The van der Waals surface area contributed by atoms with E-state index in [1.807, 2.05) is 6.07 Å². The topological polar surface area (TPSA) is 40.5 Å². The third-order valence-electron chi connectivity index (χ3n) is 4.43. The zero-order valence-corrected chi connectivity index (χ0v) is 14.7. The van der Waals surface area contributed by atoms with Gasteiger partial charge in [-0.05, 0) is 63.6 Å². The quantitative estimate of drug-likeness (QED) is 0.638. The molecular weight excluding hydrogens is 294 g/mol. The number of likely N-dealkylation sites (tertiary alicyclic amines) is 1. The monoisotopic (exact) mass is 321 g/mol. The summed E-state index contributed by atoms with van der Waals surface area (Å²) < 4.78 is 0. The Morgan fingerprint density at radius 2 is 2.23 bits per heavy atom. The number of aliphatic hydroxyl groups is 1. The fourth-order valence-electron chi connectivity index (χ4n) is 3.13. The molecule has 0 radical (unpaired) electrons. The minimum Gasteiger partial charge on any atom is -0.396 e. The van der Waals surface area contributed by atoms with Crippen LogP contribution in [0.4, 0.5) is 0 Å². The molecule has 1 N–H and O–H groups in total. The van der Waals surface area contributed by atoms with E-state index in [1.165, 1.54) is 22.5 Å². The van der Waals surface area contributed by atoms with Crippen molar-refractivity contribution in [2.45, 2.75) is 46.6 Å². The van der Waals surface area contributed by atoms with E-state index < -0.39 is 0 Å². The van der Waals surface area contributed by atoms with E-state index in [0.29, 0.717) is 0 Å². The second-order valence-corrected chi connectivity index (χ2v) is 7.74. The Balaban J connectivity index is 2.02. The van der Waals surface area contributed by atoms with Crippen LogP contribution in [0.2, 0.25) is 0 Å². The van der Waals surface area contributed by atoms with Crippen molar-refractivity contribution >= 4 is 17.1 Å². The lowest BCUT2D eigenvalue weighted by Crippen LogP contribution is -2.44. The average Bonchev–Trinajstić information content (AvgIpc) is 2.94. The molecule has 0 bridgehead atoms. The summed E-state index contributed by atoms with van der Waals surface area (Å²) in [5.41, 5.74) is 2.52. The van der Waals surface area contributed by atoms with Gasteiger partial charge in [0.05, 0.1) is 11.5 Å². The lowest BCUT2D eigenvalue weighted by atomic mass is 9.77. The molecule has 0 unspecified atom stereocenters. The Bertz CT molecular complexity index is 545. The SMILES string of the molecule is CC(=O)c1cc(CN2CCC[C@@](CO)(CC=C(C)C)C2)cs1. The van der Waals surface area contributed by atoms with Gasteiger partial charge in [0.2, 0.25) is 0 Å². The maximum absolute atomic E-state index is 11.4. The summed E-state index contributed by atoms with van der Waals surface area (Å²) >= 11 is 1.53. The largest absolute Gasteiger partial charge is 0.396 e. The van der Waals surface area contributed by atoms with Crippen LogP contribution in [-0.2, 0) is 6.54 Å². The van der Waals surface area contributed by atoms with Crippen LogP contribution in [0.1, 0.15) is 55.3 Å². The number of allylic oxidation sites excluding steroid dienone is 2. The van der Waals surface area contributed by atoms with Crippen molar-refractivity contribution < 1.29 is 9.90 Å². The van der Waals surface area contributed by atoms with Gasteiger partial charge in [0.25, 0.3) is 0 Å². The first-order chi connectivity index (χ1) is 10.4. The lowest BCUT2D eigenvalue weighted by Gasteiger charge is -2.41. The molecule has 2 heterocycles. The van der Waals surface area contributed by atoms with Gasteiger partial charge in [0, 0.05) is 18.5 Å². The predicted molar refractivity (Wildman–Crippen MR) is 92.4 cm³/mol. The summed E-state index contributed by atoms with van der Waals surface area (Å²) in [6.45, 7) is 8.96. The summed E-state index contributed by atoms with van der Waals surface area (Å²) in [6.07, 6.45) is 5.41. The van der Waals surface area contributed by atoms with Gasteiger partial charge in [-0.2, -0.15) is 0 Å². The number of carbonyl (C=O) groups is 1. The first kappa shape index (κ1) is 17.4. The molecule has 22 heavy (non-hydrogen) atoms. The molecule has 0 spiro atoms. The van der Waals surface area contributed by atoms with Gasteiger partial charge in [-0.15, -0.1) is 11.3 Å². The molecule has 0 saturated carbocycles. The van der Waals surface area contributed by atoms with E-state index >= 15 is 0 Å². The number of ketones is 1. The fraction of sp³-hybridized carbons (Fsp3) is 0.611. The molecule has 1 saturated heterocycles. The van der Waals surface area contributed by atoms with E-state index in [0.717, 1.165) is 43.8 Å². The summed E-state index contributed by atoms with van der Waals surface area (Å²) in [5, 5.41) is 12.0. The van der Waals surface area contributed by atoms with E-state index in [4.69, 9.17) is 0 Å². The first-order valence-electron chi connectivity index (χ1n) is 7.99. The standard InChI is InChI=1S/C18H27NO2S/c1-14(2)5-7-18(13-20)6-4-8-19(12-18)10-16-9-17(15(3)21)22-11-16/h5,9,11,20H,4,6-8,10,12-13H2,1-3H3/t18-/m1/s1. The van der Waals surface area contributed by atoms with Crippen LogP contribution < -0.4 is 0 Å². The van der Waals surface area contributed by atoms with Crippen LogP contribution in [0.5, 0.6) is 0 Å². The van der Waals surface area contributed by atoms with Crippen LogP contribution in [-0.4, -0.2) is 35.5 Å². The van der Waals surface area contributed by atoms with Gasteiger partial charge in [0.1, 0.15) is 0 Å². The average molecular weight is 321 g/mol. The predicted octanol–water partition coefficient (Wildman–Crippen LogP) is 3.88. The fourth-order valence-corrected chi connectivity index (χ4v) is 3.93.